The Bertz CT molecular complexity index is 685. The summed E-state index contributed by atoms with van der Waals surface area (Å²) in [4.78, 5) is 27.6. The van der Waals surface area contributed by atoms with Crippen molar-refractivity contribution in [1.29, 1.82) is 0 Å². The average Bonchev–Trinajstić information content (AvgIpc) is 2.30. The third-order valence-electron chi connectivity index (χ3n) is 2.96. The summed E-state index contributed by atoms with van der Waals surface area (Å²) in [7, 11) is 0. The molecule has 0 amide bonds. The van der Waals surface area contributed by atoms with Crippen LogP contribution in [0.25, 0.3) is 11.0 Å². The van der Waals surface area contributed by atoms with E-state index in [0.717, 1.165) is 12.1 Å². The van der Waals surface area contributed by atoms with E-state index in [1.807, 2.05) is 12.1 Å². The van der Waals surface area contributed by atoms with Crippen molar-refractivity contribution >= 4 is 16.7 Å². The second kappa shape index (κ2) is 5.30. The summed E-state index contributed by atoms with van der Waals surface area (Å²) in [5.41, 5.74) is 0.947. The topological polar surface area (TPSA) is 77.8 Å². The van der Waals surface area contributed by atoms with Crippen LogP contribution in [-0.4, -0.2) is 16.0 Å². The Hall–Kier alpha value is -2.04. The molecule has 1 unspecified atom stereocenters. The van der Waals surface area contributed by atoms with Gasteiger partial charge in [0.2, 0.25) is 0 Å². The highest BCUT2D eigenvalue weighted by Gasteiger charge is 2.06. The van der Waals surface area contributed by atoms with Gasteiger partial charge >= 0.3 is 11.1 Å². The minimum Gasteiger partial charge on any atom is -0.383 e. The van der Waals surface area contributed by atoms with Gasteiger partial charge in [-0.1, -0.05) is 13.8 Å². The van der Waals surface area contributed by atoms with Crippen LogP contribution in [-0.2, 0) is 0 Å². The van der Waals surface area contributed by atoms with Gasteiger partial charge < -0.3 is 15.3 Å². The number of hydrogen-bond acceptors (Lipinski definition) is 3. The largest absolute Gasteiger partial charge is 0.383 e. The van der Waals surface area contributed by atoms with Crippen LogP contribution in [0.5, 0.6) is 0 Å². The van der Waals surface area contributed by atoms with Gasteiger partial charge in [-0.05, 0) is 37.5 Å². The SMILES string of the molecule is CC(C)CC(C)Nc1ccc2[nH]c(=O)c(=O)[nH]c2c1. The van der Waals surface area contributed by atoms with E-state index < -0.39 is 11.1 Å². The molecule has 5 nitrogen and oxygen atoms in total. The highest BCUT2D eigenvalue weighted by Crippen LogP contribution is 2.16. The quantitative estimate of drug-likeness (QED) is 0.737. The van der Waals surface area contributed by atoms with Gasteiger partial charge in [0.05, 0.1) is 11.0 Å². The minimum absolute atomic E-state index is 0.354. The Morgan fingerprint density at radius 1 is 1.05 bits per heavy atom. The fraction of sp³-hybridized carbons (Fsp3) is 0.429. The van der Waals surface area contributed by atoms with Crippen LogP contribution in [0.4, 0.5) is 5.69 Å². The van der Waals surface area contributed by atoms with Crippen molar-refractivity contribution in [3.63, 3.8) is 0 Å². The van der Waals surface area contributed by atoms with Gasteiger partial charge in [0.15, 0.2) is 0 Å². The molecule has 1 atom stereocenters. The zero-order valence-electron chi connectivity index (χ0n) is 11.4. The number of H-pyrrole nitrogens is 2. The predicted octanol–water partition coefficient (Wildman–Crippen LogP) is 2.06. The third kappa shape index (κ3) is 3.24. The lowest BCUT2D eigenvalue weighted by Crippen LogP contribution is -2.28. The van der Waals surface area contributed by atoms with E-state index in [4.69, 9.17) is 0 Å². The molecule has 0 aliphatic heterocycles. The van der Waals surface area contributed by atoms with E-state index in [1.165, 1.54) is 0 Å². The van der Waals surface area contributed by atoms with Crippen molar-refractivity contribution < 1.29 is 0 Å². The first-order valence-electron chi connectivity index (χ1n) is 6.48. The Balaban J connectivity index is 2.29. The van der Waals surface area contributed by atoms with E-state index in [1.54, 1.807) is 6.07 Å². The number of benzene rings is 1. The van der Waals surface area contributed by atoms with E-state index in [2.05, 4.69) is 36.1 Å². The number of aromatic nitrogens is 2. The van der Waals surface area contributed by atoms with E-state index >= 15 is 0 Å². The molecule has 0 bridgehead atoms. The third-order valence-corrected chi connectivity index (χ3v) is 2.96. The standard InChI is InChI=1S/C14H19N3O2/c1-8(2)6-9(3)15-10-4-5-11-12(7-10)17-14(19)13(18)16-11/h4-5,7-9,15H,6H2,1-3H3,(H,16,18)(H,17,19). The molecular weight excluding hydrogens is 242 g/mol. The first-order chi connectivity index (χ1) is 8.95. The van der Waals surface area contributed by atoms with Gasteiger partial charge in [-0.3, -0.25) is 9.59 Å². The smallest absolute Gasteiger partial charge is 0.314 e. The van der Waals surface area contributed by atoms with Gasteiger partial charge in [0.25, 0.3) is 0 Å². The van der Waals surface area contributed by atoms with Crippen LogP contribution in [0.1, 0.15) is 27.2 Å². The lowest BCUT2D eigenvalue weighted by atomic mass is 10.1. The van der Waals surface area contributed by atoms with Crippen LogP contribution in [0.2, 0.25) is 0 Å². The Labute approximate surface area is 111 Å². The zero-order chi connectivity index (χ0) is 14.0. The molecule has 102 valence electrons. The highest BCUT2D eigenvalue weighted by molar-refractivity contribution is 5.78. The summed E-state index contributed by atoms with van der Waals surface area (Å²) in [6.45, 7) is 6.49. The molecular formula is C14H19N3O2. The predicted molar refractivity (Wildman–Crippen MR) is 77.7 cm³/mol. The number of fused-ring (bicyclic) bond motifs is 1. The maximum absolute atomic E-state index is 11.3. The lowest BCUT2D eigenvalue weighted by Gasteiger charge is -2.17. The number of aromatic amines is 2. The molecule has 0 aliphatic carbocycles. The summed E-state index contributed by atoms with van der Waals surface area (Å²) < 4.78 is 0. The number of anilines is 1. The summed E-state index contributed by atoms with van der Waals surface area (Å²) in [6.07, 6.45) is 1.07. The molecule has 3 N–H and O–H groups in total. The van der Waals surface area contributed by atoms with Crippen molar-refractivity contribution in [2.24, 2.45) is 5.92 Å². The fourth-order valence-corrected chi connectivity index (χ4v) is 2.26. The fourth-order valence-electron chi connectivity index (χ4n) is 2.26. The molecule has 0 radical (unpaired) electrons. The zero-order valence-corrected chi connectivity index (χ0v) is 11.4. The maximum atomic E-state index is 11.3. The lowest BCUT2D eigenvalue weighted by molar-refractivity contribution is 0.540. The maximum Gasteiger partial charge on any atom is 0.314 e. The Morgan fingerprint density at radius 3 is 2.32 bits per heavy atom. The number of hydrogen-bond donors (Lipinski definition) is 3. The van der Waals surface area contributed by atoms with Crippen LogP contribution in [0.15, 0.2) is 27.8 Å². The van der Waals surface area contributed by atoms with Gasteiger partial charge in [-0.25, -0.2) is 0 Å². The molecule has 2 rings (SSSR count). The summed E-state index contributed by atoms with van der Waals surface area (Å²) in [5, 5.41) is 3.39. The van der Waals surface area contributed by atoms with Crippen LogP contribution >= 0.6 is 0 Å². The van der Waals surface area contributed by atoms with Crippen LogP contribution in [0, 0.1) is 5.92 Å². The number of rotatable bonds is 4. The minimum atomic E-state index is -0.625. The van der Waals surface area contributed by atoms with E-state index in [-0.39, 0.29) is 0 Å². The van der Waals surface area contributed by atoms with Gasteiger partial charge in [0, 0.05) is 11.7 Å². The molecule has 0 aliphatic rings. The molecule has 1 aromatic carbocycles. The second-order valence-corrected chi connectivity index (χ2v) is 5.34. The molecule has 0 saturated heterocycles. The highest BCUT2D eigenvalue weighted by atomic mass is 16.2. The monoisotopic (exact) mass is 261 g/mol. The van der Waals surface area contributed by atoms with Crippen molar-refractivity contribution in [2.75, 3.05) is 5.32 Å². The number of nitrogens with one attached hydrogen (secondary N) is 3. The van der Waals surface area contributed by atoms with E-state index in [0.29, 0.717) is 23.0 Å². The molecule has 19 heavy (non-hydrogen) atoms. The molecule has 1 heterocycles. The summed E-state index contributed by atoms with van der Waals surface area (Å²) in [5.74, 6) is 0.624. The molecule has 5 heteroatoms. The molecule has 0 saturated carbocycles. The van der Waals surface area contributed by atoms with Crippen LogP contribution < -0.4 is 16.4 Å². The van der Waals surface area contributed by atoms with Gasteiger partial charge in [-0.2, -0.15) is 0 Å². The Kier molecular flexibility index (Phi) is 3.74. The van der Waals surface area contributed by atoms with Gasteiger partial charge in [-0.15, -0.1) is 0 Å². The van der Waals surface area contributed by atoms with Crippen molar-refractivity contribution in [1.82, 2.24) is 9.97 Å². The normalized spacial score (nSPS) is 12.8. The Morgan fingerprint density at radius 2 is 1.68 bits per heavy atom. The molecule has 0 fully saturated rings. The summed E-state index contributed by atoms with van der Waals surface area (Å²) in [6, 6.07) is 5.88. The van der Waals surface area contributed by atoms with Gasteiger partial charge in [0.1, 0.15) is 0 Å². The summed E-state index contributed by atoms with van der Waals surface area (Å²) >= 11 is 0. The van der Waals surface area contributed by atoms with Crippen molar-refractivity contribution in [3.8, 4) is 0 Å². The molecule has 1 aromatic heterocycles. The second-order valence-electron chi connectivity index (χ2n) is 5.34. The first kappa shape index (κ1) is 13.4. The average molecular weight is 261 g/mol. The first-order valence-corrected chi connectivity index (χ1v) is 6.48. The molecule has 2 aromatic rings. The molecule has 0 spiro atoms. The van der Waals surface area contributed by atoms with Crippen LogP contribution in [0.3, 0.4) is 0 Å². The van der Waals surface area contributed by atoms with E-state index in [9.17, 15) is 9.59 Å². The van der Waals surface area contributed by atoms with Crippen molar-refractivity contribution in [2.45, 2.75) is 33.2 Å². The van der Waals surface area contributed by atoms with Crippen molar-refractivity contribution in [3.05, 3.63) is 38.9 Å².